The van der Waals surface area contributed by atoms with E-state index in [9.17, 15) is 22.5 Å². The van der Waals surface area contributed by atoms with Crippen molar-refractivity contribution in [1.29, 1.82) is 5.26 Å². The van der Waals surface area contributed by atoms with E-state index in [2.05, 4.69) is 15.0 Å². The van der Waals surface area contributed by atoms with Crippen LogP contribution in [0.25, 0.3) is 5.82 Å². The third-order valence-corrected chi connectivity index (χ3v) is 5.69. The standard InChI is InChI=1S/C17H20F2N6O2S/c1-23-6-3-7-24(9-8-23)17-13(10-20)15(16(18)19)22-25(17)14-5-4-12(11-21-14)28(2,26)27/h4-5,11,16H,3,6-9H2,1-2H3. The van der Waals surface area contributed by atoms with Gasteiger partial charge in [-0.2, -0.15) is 15.0 Å². The molecule has 2 aromatic rings. The summed E-state index contributed by atoms with van der Waals surface area (Å²) in [4.78, 5) is 8.08. The van der Waals surface area contributed by atoms with E-state index in [1.807, 2.05) is 18.0 Å². The van der Waals surface area contributed by atoms with Gasteiger partial charge in [0, 0.05) is 32.1 Å². The van der Waals surface area contributed by atoms with Gasteiger partial charge >= 0.3 is 0 Å². The molecule has 2 aromatic heterocycles. The Hall–Kier alpha value is -2.58. The Morgan fingerprint density at radius 1 is 1.21 bits per heavy atom. The van der Waals surface area contributed by atoms with E-state index in [0.717, 1.165) is 25.4 Å². The molecule has 0 radical (unpaired) electrons. The van der Waals surface area contributed by atoms with Crippen LogP contribution in [0.2, 0.25) is 0 Å². The summed E-state index contributed by atoms with van der Waals surface area (Å²) in [6.07, 6.45) is 0.0937. The molecule has 0 bridgehead atoms. The second-order valence-corrected chi connectivity index (χ2v) is 8.69. The molecule has 1 aliphatic rings. The highest BCUT2D eigenvalue weighted by molar-refractivity contribution is 7.90. The number of pyridine rings is 1. The minimum Gasteiger partial charge on any atom is -0.354 e. The Kier molecular flexibility index (Phi) is 5.62. The van der Waals surface area contributed by atoms with Gasteiger partial charge in [-0.3, -0.25) is 0 Å². The molecule has 0 saturated carbocycles. The highest BCUT2D eigenvalue weighted by Gasteiger charge is 2.29. The van der Waals surface area contributed by atoms with Crippen LogP contribution in [0.1, 0.15) is 24.1 Å². The lowest BCUT2D eigenvalue weighted by Gasteiger charge is -2.23. The first-order chi connectivity index (χ1) is 13.2. The van der Waals surface area contributed by atoms with E-state index in [1.54, 1.807) is 0 Å². The molecule has 3 rings (SSSR count). The van der Waals surface area contributed by atoms with Crippen LogP contribution in [0.3, 0.4) is 0 Å². The number of anilines is 1. The molecule has 0 aliphatic carbocycles. The predicted octanol–water partition coefficient (Wildman–Crippen LogP) is 1.62. The molecule has 1 aliphatic heterocycles. The molecule has 0 amide bonds. The van der Waals surface area contributed by atoms with E-state index in [0.29, 0.717) is 19.6 Å². The lowest BCUT2D eigenvalue weighted by atomic mass is 10.2. The van der Waals surface area contributed by atoms with Gasteiger partial charge in [0.15, 0.2) is 21.5 Å². The molecule has 150 valence electrons. The Morgan fingerprint density at radius 2 is 1.96 bits per heavy atom. The smallest absolute Gasteiger partial charge is 0.283 e. The molecule has 11 heteroatoms. The molecule has 1 saturated heterocycles. The molecule has 8 nitrogen and oxygen atoms in total. The monoisotopic (exact) mass is 410 g/mol. The molecule has 28 heavy (non-hydrogen) atoms. The fourth-order valence-electron chi connectivity index (χ4n) is 3.11. The van der Waals surface area contributed by atoms with Crippen molar-refractivity contribution in [2.24, 2.45) is 0 Å². The second kappa shape index (κ2) is 7.81. The fourth-order valence-corrected chi connectivity index (χ4v) is 3.67. The van der Waals surface area contributed by atoms with Gasteiger partial charge in [0.25, 0.3) is 6.43 Å². The maximum atomic E-state index is 13.5. The Morgan fingerprint density at radius 3 is 2.54 bits per heavy atom. The number of hydrogen-bond donors (Lipinski definition) is 0. The first-order valence-corrected chi connectivity index (χ1v) is 10.5. The summed E-state index contributed by atoms with van der Waals surface area (Å²) in [5.74, 6) is 0.427. The number of alkyl halides is 2. The molecule has 0 N–H and O–H groups in total. The number of rotatable bonds is 4. The first kappa shape index (κ1) is 20.2. The predicted molar refractivity (Wildman–Crippen MR) is 98.5 cm³/mol. The zero-order valence-electron chi connectivity index (χ0n) is 15.5. The van der Waals surface area contributed by atoms with Crippen molar-refractivity contribution in [3.63, 3.8) is 0 Å². The van der Waals surface area contributed by atoms with Crippen LogP contribution in [0.15, 0.2) is 23.2 Å². The van der Waals surface area contributed by atoms with Crippen LogP contribution in [0.5, 0.6) is 0 Å². The third-order valence-electron chi connectivity index (χ3n) is 4.59. The van der Waals surface area contributed by atoms with Gasteiger partial charge in [0.2, 0.25) is 0 Å². The molecule has 0 aromatic carbocycles. The maximum Gasteiger partial charge on any atom is 0.283 e. The van der Waals surface area contributed by atoms with Crippen molar-refractivity contribution < 1.29 is 17.2 Å². The quantitative estimate of drug-likeness (QED) is 0.756. The summed E-state index contributed by atoms with van der Waals surface area (Å²) in [7, 11) is -1.47. The Balaban J connectivity index is 2.13. The third kappa shape index (κ3) is 3.98. The van der Waals surface area contributed by atoms with Gasteiger partial charge in [0.1, 0.15) is 17.3 Å². The van der Waals surface area contributed by atoms with Crippen LogP contribution in [-0.4, -0.2) is 67.6 Å². The minimum atomic E-state index is -3.44. The van der Waals surface area contributed by atoms with Crippen molar-refractivity contribution in [1.82, 2.24) is 19.7 Å². The lowest BCUT2D eigenvalue weighted by molar-refractivity contribution is 0.145. The summed E-state index contributed by atoms with van der Waals surface area (Å²) < 4.78 is 51.5. The van der Waals surface area contributed by atoms with Crippen molar-refractivity contribution in [3.8, 4) is 11.9 Å². The summed E-state index contributed by atoms with van der Waals surface area (Å²) in [6, 6.07) is 4.59. The van der Waals surface area contributed by atoms with Gasteiger partial charge in [-0.1, -0.05) is 0 Å². The molecular weight excluding hydrogens is 390 g/mol. The summed E-state index contributed by atoms with van der Waals surface area (Å²) in [6.45, 7) is 2.69. The molecule has 0 atom stereocenters. The number of halogens is 2. The van der Waals surface area contributed by atoms with Crippen LogP contribution >= 0.6 is 0 Å². The summed E-state index contributed by atoms with van der Waals surface area (Å²) in [5, 5.41) is 13.5. The summed E-state index contributed by atoms with van der Waals surface area (Å²) >= 11 is 0. The molecular formula is C17H20F2N6O2S. The summed E-state index contributed by atoms with van der Waals surface area (Å²) in [5.41, 5.74) is -0.794. The average Bonchev–Trinajstić information content (AvgIpc) is 2.91. The van der Waals surface area contributed by atoms with Crippen molar-refractivity contribution in [3.05, 3.63) is 29.6 Å². The average molecular weight is 410 g/mol. The molecule has 0 unspecified atom stereocenters. The van der Waals surface area contributed by atoms with Crippen LogP contribution in [0, 0.1) is 11.3 Å². The Labute approximate surface area is 161 Å². The normalized spacial score (nSPS) is 16.2. The van der Waals surface area contributed by atoms with Crippen LogP contribution in [-0.2, 0) is 9.84 Å². The van der Waals surface area contributed by atoms with E-state index >= 15 is 0 Å². The lowest BCUT2D eigenvalue weighted by Crippen LogP contribution is -2.31. The Bertz CT molecular complexity index is 998. The zero-order valence-corrected chi connectivity index (χ0v) is 16.3. The number of hydrogen-bond acceptors (Lipinski definition) is 7. The largest absolute Gasteiger partial charge is 0.354 e. The van der Waals surface area contributed by atoms with Gasteiger partial charge < -0.3 is 9.80 Å². The van der Waals surface area contributed by atoms with Crippen molar-refractivity contribution >= 4 is 15.7 Å². The van der Waals surface area contributed by atoms with Gasteiger partial charge in [0.05, 0.1) is 4.90 Å². The SMILES string of the molecule is CN1CCCN(c2c(C#N)c(C(F)F)nn2-c2ccc(S(C)(=O)=O)cn2)CC1. The number of sulfone groups is 1. The highest BCUT2D eigenvalue weighted by Crippen LogP contribution is 2.32. The van der Waals surface area contributed by atoms with Gasteiger partial charge in [-0.05, 0) is 32.1 Å². The van der Waals surface area contributed by atoms with E-state index in [-0.39, 0.29) is 22.1 Å². The van der Waals surface area contributed by atoms with Crippen molar-refractivity contribution in [2.75, 3.05) is 44.4 Å². The van der Waals surface area contributed by atoms with E-state index in [1.165, 1.54) is 16.8 Å². The van der Waals surface area contributed by atoms with Gasteiger partial charge in [-0.15, -0.1) is 0 Å². The van der Waals surface area contributed by atoms with Gasteiger partial charge in [-0.25, -0.2) is 22.2 Å². The second-order valence-electron chi connectivity index (χ2n) is 6.68. The molecule has 1 fully saturated rings. The zero-order chi connectivity index (χ0) is 20.5. The van der Waals surface area contributed by atoms with Crippen molar-refractivity contribution in [2.45, 2.75) is 17.7 Å². The molecule has 3 heterocycles. The number of nitriles is 1. The molecule has 0 spiro atoms. The first-order valence-electron chi connectivity index (χ1n) is 8.63. The maximum absolute atomic E-state index is 13.5. The minimum absolute atomic E-state index is 0.0101. The number of nitrogens with zero attached hydrogens (tertiary/aromatic N) is 6. The van der Waals surface area contributed by atoms with E-state index < -0.39 is 22.0 Å². The highest BCUT2D eigenvalue weighted by atomic mass is 32.2. The fraction of sp³-hybridized carbons (Fsp3) is 0.471. The van der Waals surface area contributed by atoms with Crippen LogP contribution in [0.4, 0.5) is 14.6 Å². The topological polar surface area (TPSA) is 95.1 Å². The number of aromatic nitrogens is 3. The number of likely N-dealkylation sites (N-methyl/N-ethyl adjacent to an activating group) is 1. The van der Waals surface area contributed by atoms with Crippen LogP contribution < -0.4 is 4.90 Å². The van der Waals surface area contributed by atoms with E-state index in [4.69, 9.17) is 0 Å².